The van der Waals surface area contributed by atoms with E-state index in [9.17, 15) is 0 Å². The predicted octanol–water partition coefficient (Wildman–Crippen LogP) is 4.24. The molecule has 3 rings (SSSR count). The second kappa shape index (κ2) is 6.18. The maximum Gasteiger partial charge on any atom is 0.127 e. The Morgan fingerprint density at radius 3 is 2.48 bits per heavy atom. The summed E-state index contributed by atoms with van der Waals surface area (Å²) in [4.78, 5) is 7.56. The molecule has 21 heavy (non-hydrogen) atoms. The molecule has 3 nitrogen and oxygen atoms in total. The van der Waals surface area contributed by atoms with Gasteiger partial charge in [0.1, 0.15) is 5.82 Å². The van der Waals surface area contributed by atoms with Gasteiger partial charge in [0.2, 0.25) is 0 Å². The van der Waals surface area contributed by atoms with Crippen molar-refractivity contribution in [3.8, 4) is 0 Å². The quantitative estimate of drug-likeness (QED) is 0.838. The normalized spacial score (nSPS) is 18.5. The molecule has 3 heteroatoms. The third-order valence-corrected chi connectivity index (χ3v) is 4.54. The van der Waals surface area contributed by atoms with Crippen LogP contribution >= 0.6 is 0 Å². The number of likely N-dealkylation sites (tertiary alicyclic amines) is 1. The molecular weight excluding hydrogens is 258 g/mol. The van der Waals surface area contributed by atoms with Gasteiger partial charge in [-0.25, -0.2) is 4.98 Å². The first-order valence-electron chi connectivity index (χ1n) is 8.36. The van der Waals surface area contributed by atoms with E-state index in [-0.39, 0.29) is 0 Å². The van der Waals surface area contributed by atoms with Gasteiger partial charge in [0.25, 0.3) is 0 Å². The summed E-state index contributed by atoms with van der Waals surface area (Å²) in [7, 11) is 0. The van der Waals surface area contributed by atoms with Crippen molar-refractivity contribution in [1.82, 2.24) is 14.5 Å². The van der Waals surface area contributed by atoms with Crippen LogP contribution in [0.3, 0.4) is 0 Å². The number of nitrogens with zero attached hydrogens (tertiary/aromatic N) is 3. The Morgan fingerprint density at radius 2 is 1.76 bits per heavy atom. The lowest BCUT2D eigenvalue weighted by atomic mass is 10.1. The SMILES string of the molecule is CC(C)Cn1c(C(C)N2CCCCC2)nc2ccccc21. The van der Waals surface area contributed by atoms with Gasteiger partial charge in [-0.2, -0.15) is 0 Å². The summed E-state index contributed by atoms with van der Waals surface area (Å²) < 4.78 is 2.44. The van der Waals surface area contributed by atoms with Crippen molar-refractivity contribution >= 4 is 11.0 Å². The van der Waals surface area contributed by atoms with Crippen LogP contribution < -0.4 is 0 Å². The molecule has 1 aliphatic rings. The molecule has 1 saturated heterocycles. The highest BCUT2D eigenvalue weighted by Gasteiger charge is 2.23. The largest absolute Gasteiger partial charge is 0.326 e. The lowest BCUT2D eigenvalue weighted by Gasteiger charge is -2.32. The lowest BCUT2D eigenvalue weighted by Crippen LogP contribution is -2.33. The minimum atomic E-state index is 0.413. The maximum absolute atomic E-state index is 4.96. The van der Waals surface area contributed by atoms with Crippen molar-refractivity contribution < 1.29 is 0 Å². The van der Waals surface area contributed by atoms with E-state index in [2.05, 4.69) is 54.5 Å². The number of benzene rings is 1. The second-order valence-corrected chi connectivity index (χ2v) is 6.74. The van der Waals surface area contributed by atoms with Crippen molar-refractivity contribution in [2.24, 2.45) is 5.92 Å². The minimum Gasteiger partial charge on any atom is -0.326 e. The number of rotatable bonds is 4. The van der Waals surface area contributed by atoms with E-state index in [1.54, 1.807) is 0 Å². The first-order chi connectivity index (χ1) is 10.2. The van der Waals surface area contributed by atoms with Gasteiger partial charge in [-0.1, -0.05) is 32.4 Å². The van der Waals surface area contributed by atoms with Crippen molar-refractivity contribution in [2.75, 3.05) is 13.1 Å². The summed E-state index contributed by atoms with van der Waals surface area (Å²) in [5.74, 6) is 1.88. The Kier molecular flexibility index (Phi) is 4.29. The maximum atomic E-state index is 4.96. The van der Waals surface area contributed by atoms with Crippen molar-refractivity contribution in [3.63, 3.8) is 0 Å². The smallest absolute Gasteiger partial charge is 0.127 e. The molecule has 0 amide bonds. The molecule has 1 aliphatic heterocycles. The fourth-order valence-electron chi connectivity index (χ4n) is 3.44. The van der Waals surface area contributed by atoms with Crippen LogP contribution in [-0.4, -0.2) is 27.5 Å². The molecule has 0 N–H and O–H groups in total. The summed E-state index contributed by atoms with van der Waals surface area (Å²) in [6, 6.07) is 8.97. The third-order valence-electron chi connectivity index (χ3n) is 4.54. The van der Waals surface area contributed by atoms with Crippen LogP contribution in [0.1, 0.15) is 51.9 Å². The number of piperidine rings is 1. The zero-order valence-corrected chi connectivity index (χ0v) is 13.5. The summed E-state index contributed by atoms with van der Waals surface area (Å²) in [5, 5.41) is 0. The molecule has 0 bridgehead atoms. The Morgan fingerprint density at radius 1 is 1.05 bits per heavy atom. The number of para-hydroxylation sites is 2. The highest BCUT2D eigenvalue weighted by molar-refractivity contribution is 5.76. The monoisotopic (exact) mass is 285 g/mol. The van der Waals surface area contributed by atoms with E-state index in [1.165, 1.54) is 43.7 Å². The Hall–Kier alpha value is -1.35. The molecule has 1 aromatic carbocycles. The Bertz CT molecular complexity index is 594. The van der Waals surface area contributed by atoms with Crippen LogP contribution in [0.25, 0.3) is 11.0 Å². The third kappa shape index (κ3) is 2.98. The van der Waals surface area contributed by atoms with Crippen molar-refractivity contribution in [2.45, 2.75) is 52.6 Å². The van der Waals surface area contributed by atoms with Gasteiger partial charge >= 0.3 is 0 Å². The minimum absolute atomic E-state index is 0.413. The van der Waals surface area contributed by atoms with E-state index in [0.717, 1.165) is 12.1 Å². The van der Waals surface area contributed by atoms with E-state index >= 15 is 0 Å². The molecule has 0 radical (unpaired) electrons. The van der Waals surface area contributed by atoms with Gasteiger partial charge in [0.15, 0.2) is 0 Å². The van der Waals surface area contributed by atoms with Gasteiger partial charge in [-0.05, 0) is 50.9 Å². The number of hydrogen-bond donors (Lipinski definition) is 0. The summed E-state index contributed by atoms with van der Waals surface area (Å²) in [6.07, 6.45) is 4.04. The van der Waals surface area contributed by atoms with Crippen LogP contribution in [-0.2, 0) is 6.54 Å². The van der Waals surface area contributed by atoms with Crippen molar-refractivity contribution in [1.29, 1.82) is 0 Å². The van der Waals surface area contributed by atoms with Gasteiger partial charge in [0, 0.05) is 6.54 Å². The predicted molar refractivity (Wildman–Crippen MR) is 88.4 cm³/mol. The van der Waals surface area contributed by atoms with E-state index in [4.69, 9.17) is 4.98 Å². The number of fused-ring (bicyclic) bond motifs is 1. The van der Waals surface area contributed by atoms with Gasteiger partial charge < -0.3 is 4.57 Å². The molecule has 2 aromatic rings. The van der Waals surface area contributed by atoms with Crippen LogP contribution in [0.5, 0.6) is 0 Å². The molecule has 1 fully saturated rings. The zero-order valence-electron chi connectivity index (χ0n) is 13.5. The molecule has 0 saturated carbocycles. The molecule has 0 aliphatic carbocycles. The van der Waals surface area contributed by atoms with Gasteiger partial charge in [-0.3, -0.25) is 4.90 Å². The van der Waals surface area contributed by atoms with Crippen LogP contribution in [0.2, 0.25) is 0 Å². The van der Waals surface area contributed by atoms with E-state index in [1.807, 2.05) is 0 Å². The Balaban J connectivity index is 1.99. The molecule has 0 spiro atoms. The zero-order chi connectivity index (χ0) is 14.8. The highest BCUT2D eigenvalue weighted by atomic mass is 15.2. The first kappa shape index (κ1) is 14.6. The summed E-state index contributed by atoms with van der Waals surface area (Å²) >= 11 is 0. The van der Waals surface area contributed by atoms with Gasteiger partial charge in [-0.15, -0.1) is 0 Å². The lowest BCUT2D eigenvalue weighted by molar-refractivity contribution is 0.165. The van der Waals surface area contributed by atoms with Crippen molar-refractivity contribution in [3.05, 3.63) is 30.1 Å². The molecule has 1 atom stereocenters. The Labute approximate surface area is 128 Å². The molecular formula is C18H27N3. The highest BCUT2D eigenvalue weighted by Crippen LogP contribution is 2.27. The fourth-order valence-corrected chi connectivity index (χ4v) is 3.44. The molecule has 114 valence electrons. The second-order valence-electron chi connectivity index (χ2n) is 6.74. The first-order valence-corrected chi connectivity index (χ1v) is 8.36. The fraction of sp³-hybridized carbons (Fsp3) is 0.611. The van der Waals surface area contributed by atoms with Gasteiger partial charge in [0.05, 0.1) is 17.1 Å². The van der Waals surface area contributed by atoms with Crippen LogP contribution in [0.4, 0.5) is 0 Å². The summed E-state index contributed by atoms with van der Waals surface area (Å²) in [6.45, 7) is 10.4. The number of hydrogen-bond acceptors (Lipinski definition) is 2. The van der Waals surface area contributed by atoms with E-state index in [0.29, 0.717) is 12.0 Å². The molecule has 2 heterocycles. The average molecular weight is 285 g/mol. The topological polar surface area (TPSA) is 21.1 Å². The van der Waals surface area contributed by atoms with Crippen LogP contribution in [0.15, 0.2) is 24.3 Å². The standard InChI is InChI=1S/C18H27N3/c1-14(2)13-21-17-10-6-5-9-16(17)19-18(21)15(3)20-11-7-4-8-12-20/h5-6,9-10,14-15H,4,7-8,11-13H2,1-3H3. The number of aromatic nitrogens is 2. The number of imidazole rings is 1. The van der Waals surface area contributed by atoms with E-state index < -0.39 is 0 Å². The summed E-state index contributed by atoms with van der Waals surface area (Å²) in [5.41, 5.74) is 2.42. The average Bonchev–Trinajstić information content (AvgIpc) is 2.86. The molecule has 1 unspecified atom stereocenters. The van der Waals surface area contributed by atoms with Crippen LogP contribution in [0, 0.1) is 5.92 Å². The molecule has 1 aromatic heterocycles.